The molecule has 0 aliphatic heterocycles. The summed E-state index contributed by atoms with van der Waals surface area (Å²) in [6, 6.07) is 0. The van der Waals surface area contributed by atoms with E-state index in [9.17, 15) is 19.0 Å². The second-order valence-corrected chi connectivity index (χ2v) is 22.0. The molecule has 0 amide bonds. The Morgan fingerprint density at radius 2 is 0.696 bits per heavy atom. The molecule has 0 radical (unpaired) electrons. The molecule has 2 atom stereocenters. The molecule has 0 spiro atoms. The van der Waals surface area contributed by atoms with Crippen molar-refractivity contribution in [2.45, 2.75) is 264 Å². The van der Waals surface area contributed by atoms with Crippen LogP contribution in [0.25, 0.3) is 0 Å². The Labute approximate surface area is 484 Å². The number of phosphoric ester groups is 1. The molecule has 3 N–H and O–H groups in total. The van der Waals surface area contributed by atoms with E-state index in [0.717, 1.165) is 122 Å². The average Bonchev–Trinajstić information content (AvgIpc) is 3.44. The SMILES string of the molecule is CC/C=C\C/C=C\C/C=C\C/C=C\C/C=C\C/C=C\C/C=C\C/C=C\C/C=C\C/C=C\CCCCCCCCC(=O)OC(COC(=O)CCCCCCCCCCC/C=C\CCCCCCCCCC)COP(=O)(O)OCCN. The van der Waals surface area contributed by atoms with Gasteiger partial charge in [0.1, 0.15) is 6.61 Å². The summed E-state index contributed by atoms with van der Waals surface area (Å²) >= 11 is 0. The summed E-state index contributed by atoms with van der Waals surface area (Å²) in [6.45, 7) is 3.61. The minimum atomic E-state index is -4.40. The number of allylic oxidation sites excluding steroid dienone is 22. The summed E-state index contributed by atoms with van der Waals surface area (Å²) in [5.74, 6) is -0.851. The Morgan fingerprint density at radius 1 is 0.392 bits per heavy atom. The van der Waals surface area contributed by atoms with Gasteiger partial charge in [-0.1, -0.05) is 263 Å². The number of carbonyl (C=O) groups is 2. The van der Waals surface area contributed by atoms with Crippen molar-refractivity contribution in [3.63, 3.8) is 0 Å². The number of unbranched alkanes of at least 4 members (excludes halogenated alkanes) is 23. The van der Waals surface area contributed by atoms with Crippen molar-refractivity contribution in [3.05, 3.63) is 134 Å². The largest absolute Gasteiger partial charge is 0.472 e. The second kappa shape index (κ2) is 63.3. The third-order valence-electron chi connectivity index (χ3n) is 13.0. The molecule has 0 saturated carbocycles. The zero-order chi connectivity index (χ0) is 57.3. The lowest BCUT2D eigenvalue weighted by molar-refractivity contribution is -0.161. The first-order valence-corrected chi connectivity index (χ1v) is 33.2. The van der Waals surface area contributed by atoms with Crippen LogP contribution in [0.15, 0.2) is 134 Å². The Morgan fingerprint density at radius 3 is 1.05 bits per heavy atom. The third-order valence-corrected chi connectivity index (χ3v) is 14.0. The topological polar surface area (TPSA) is 134 Å². The van der Waals surface area contributed by atoms with E-state index in [-0.39, 0.29) is 38.6 Å². The number of phosphoric acid groups is 1. The van der Waals surface area contributed by atoms with E-state index < -0.39 is 26.5 Å². The highest BCUT2D eigenvalue weighted by atomic mass is 31.2. The van der Waals surface area contributed by atoms with Crippen molar-refractivity contribution in [2.24, 2.45) is 5.73 Å². The van der Waals surface area contributed by atoms with Crippen LogP contribution in [0.4, 0.5) is 0 Å². The molecule has 0 aliphatic carbocycles. The molecule has 2 unspecified atom stereocenters. The average molecular weight is 1120 g/mol. The Kier molecular flexibility index (Phi) is 60.2. The van der Waals surface area contributed by atoms with Crippen LogP contribution in [0.2, 0.25) is 0 Å². The van der Waals surface area contributed by atoms with E-state index >= 15 is 0 Å². The van der Waals surface area contributed by atoms with Gasteiger partial charge in [0, 0.05) is 19.4 Å². The number of esters is 2. The van der Waals surface area contributed by atoms with Gasteiger partial charge in [-0.15, -0.1) is 0 Å². The minimum Gasteiger partial charge on any atom is -0.462 e. The van der Waals surface area contributed by atoms with Crippen molar-refractivity contribution in [1.29, 1.82) is 0 Å². The molecular weight excluding hydrogens is 1000 g/mol. The van der Waals surface area contributed by atoms with Gasteiger partial charge in [0.25, 0.3) is 0 Å². The van der Waals surface area contributed by atoms with Crippen LogP contribution in [0.1, 0.15) is 258 Å². The number of nitrogens with two attached hydrogens (primary N) is 1. The van der Waals surface area contributed by atoms with E-state index in [4.69, 9.17) is 24.3 Å². The molecular formula is C69H116NO8P. The maximum atomic E-state index is 12.7. The van der Waals surface area contributed by atoms with Crippen LogP contribution in [0.3, 0.4) is 0 Å². The van der Waals surface area contributed by atoms with Crippen LogP contribution >= 0.6 is 7.82 Å². The fraction of sp³-hybridized carbons (Fsp3) is 0.652. The summed E-state index contributed by atoms with van der Waals surface area (Å²) in [6.07, 6.45) is 89.4. The zero-order valence-electron chi connectivity index (χ0n) is 50.3. The fourth-order valence-corrected chi connectivity index (χ4v) is 9.13. The maximum Gasteiger partial charge on any atom is 0.472 e. The fourth-order valence-electron chi connectivity index (χ4n) is 8.36. The summed E-state index contributed by atoms with van der Waals surface area (Å²) in [4.78, 5) is 35.2. The molecule has 0 fully saturated rings. The monoisotopic (exact) mass is 1120 g/mol. The summed E-state index contributed by atoms with van der Waals surface area (Å²) < 4.78 is 33.1. The molecule has 0 aromatic rings. The van der Waals surface area contributed by atoms with Gasteiger partial charge in [-0.25, -0.2) is 4.57 Å². The lowest BCUT2D eigenvalue weighted by atomic mass is 10.1. The van der Waals surface area contributed by atoms with E-state index in [1.54, 1.807) is 0 Å². The van der Waals surface area contributed by atoms with Gasteiger partial charge in [-0.2, -0.15) is 0 Å². The van der Waals surface area contributed by atoms with Crippen molar-refractivity contribution >= 4 is 19.8 Å². The standard InChI is InChI=1S/C69H116NO8P/c1-3-5-7-9-11-13-15-17-19-21-23-25-26-27-28-29-30-31-32-33-34-35-36-37-38-39-40-42-44-46-48-50-52-54-56-58-60-62-69(72)78-67(66-77-79(73,74)76-64-63-70)65-75-68(71)61-59-57-55-53-51-49-47-45-43-41-24-22-20-18-16-14-12-10-8-6-4-2/h5,7,11,13,17,19,22-25,27-28,30-31,33-34,36-37,39-40,44,46,67H,3-4,6,8-10,12,14-16,18,20-21,26,29,32,35,38,41-43,45,47-66,70H2,1-2H3,(H,73,74)/b7-5-,13-11-,19-17-,24-22-,25-23-,28-27-,31-30-,34-33-,37-36-,40-39-,46-44-. The molecule has 0 rings (SSSR count). The Hall–Kier alpha value is -3.85. The highest BCUT2D eigenvalue weighted by Crippen LogP contribution is 2.43. The van der Waals surface area contributed by atoms with Crippen LogP contribution in [0.5, 0.6) is 0 Å². The number of hydrogen-bond acceptors (Lipinski definition) is 8. The van der Waals surface area contributed by atoms with Crippen molar-refractivity contribution in [1.82, 2.24) is 0 Å². The molecule has 0 saturated heterocycles. The molecule has 79 heavy (non-hydrogen) atoms. The van der Waals surface area contributed by atoms with Crippen LogP contribution in [-0.2, 0) is 32.7 Å². The number of ether oxygens (including phenoxy) is 2. The quantitative estimate of drug-likeness (QED) is 0.0264. The molecule has 0 bridgehead atoms. The predicted octanol–water partition coefficient (Wildman–Crippen LogP) is 20.5. The predicted molar refractivity (Wildman–Crippen MR) is 339 cm³/mol. The Bertz CT molecular complexity index is 1750. The number of hydrogen-bond donors (Lipinski definition) is 2. The zero-order valence-corrected chi connectivity index (χ0v) is 51.2. The van der Waals surface area contributed by atoms with Crippen molar-refractivity contribution < 1.29 is 37.6 Å². The maximum absolute atomic E-state index is 12.7. The summed E-state index contributed by atoms with van der Waals surface area (Å²) in [5.41, 5.74) is 5.39. The molecule has 0 aliphatic rings. The van der Waals surface area contributed by atoms with E-state index in [1.807, 2.05) is 0 Å². The van der Waals surface area contributed by atoms with Gasteiger partial charge < -0.3 is 20.1 Å². The van der Waals surface area contributed by atoms with Crippen molar-refractivity contribution in [2.75, 3.05) is 26.4 Å². The minimum absolute atomic E-state index is 0.0443. The second-order valence-electron chi connectivity index (χ2n) is 20.5. The lowest BCUT2D eigenvalue weighted by Gasteiger charge is -2.19. The van der Waals surface area contributed by atoms with Crippen LogP contribution in [-0.4, -0.2) is 49.3 Å². The molecule has 0 heterocycles. The first-order chi connectivity index (χ1) is 38.8. The van der Waals surface area contributed by atoms with Gasteiger partial charge in [-0.05, 0) is 116 Å². The lowest BCUT2D eigenvalue weighted by Crippen LogP contribution is -2.29. The van der Waals surface area contributed by atoms with E-state index in [0.29, 0.717) is 6.42 Å². The van der Waals surface area contributed by atoms with Gasteiger partial charge >= 0.3 is 19.8 Å². The van der Waals surface area contributed by atoms with Gasteiger partial charge in [0.05, 0.1) is 13.2 Å². The molecule has 450 valence electrons. The molecule has 0 aromatic heterocycles. The number of carbonyl (C=O) groups excluding carboxylic acids is 2. The first-order valence-electron chi connectivity index (χ1n) is 31.7. The molecule has 10 heteroatoms. The van der Waals surface area contributed by atoms with Gasteiger partial charge in [0.15, 0.2) is 6.10 Å². The summed E-state index contributed by atoms with van der Waals surface area (Å²) in [7, 11) is -4.40. The molecule has 9 nitrogen and oxygen atoms in total. The van der Waals surface area contributed by atoms with Crippen LogP contribution < -0.4 is 5.73 Å². The highest BCUT2D eigenvalue weighted by Gasteiger charge is 2.26. The smallest absolute Gasteiger partial charge is 0.462 e. The first kappa shape index (κ1) is 75.2. The Balaban J connectivity index is 4.03. The normalized spacial score (nSPS) is 13.9. The van der Waals surface area contributed by atoms with Gasteiger partial charge in [-0.3, -0.25) is 18.6 Å². The third kappa shape index (κ3) is 63.2. The van der Waals surface area contributed by atoms with Gasteiger partial charge in [0.2, 0.25) is 0 Å². The highest BCUT2D eigenvalue weighted by molar-refractivity contribution is 7.47. The number of rotatable bonds is 58. The molecule has 0 aromatic carbocycles. The van der Waals surface area contributed by atoms with Crippen molar-refractivity contribution in [3.8, 4) is 0 Å². The van der Waals surface area contributed by atoms with E-state index in [2.05, 4.69) is 148 Å². The summed E-state index contributed by atoms with van der Waals surface area (Å²) in [5, 5.41) is 0. The van der Waals surface area contributed by atoms with E-state index in [1.165, 1.54) is 103 Å². The van der Waals surface area contributed by atoms with Crippen LogP contribution in [0, 0.1) is 0 Å².